The molecule has 0 spiro atoms. The lowest BCUT2D eigenvalue weighted by atomic mass is 10.1. The second-order valence-corrected chi connectivity index (χ2v) is 5.50. The van der Waals surface area contributed by atoms with Gasteiger partial charge in [0.05, 0.1) is 5.52 Å². The second-order valence-electron chi connectivity index (χ2n) is 5.50. The second kappa shape index (κ2) is 5.17. The Morgan fingerprint density at radius 3 is 2.95 bits per heavy atom. The van der Waals surface area contributed by atoms with Crippen molar-refractivity contribution < 1.29 is 0 Å². The van der Waals surface area contributed by atoms with Crippen LogP contribution in [0.2, 0.25) is 0 Å². The number of hydrogen-bond donors (Lipinski definition) is 1. The molecule has 2 heterocycles. The van der Waals surface area contributed by atoms with Crippen molar-refractivity contribution in [2.45, 2.75) is 25.8 Å². The van der Waals surface area contributed by atoms with Crippen molar-refractivity contribution in [3.05, 3.63) is 65.5 Å². The summed E-state index contributed by atoms with van der Waals surface area (Å²) in [6, 6.07) is 14.7. The van der Waals surface area contributed by atoms with E-state index < -0.39 is 0 Å². The third kappa shape index (κ3) is 2.35. The number of nitrogens with one attached hydrogen (secondary N) is 1. The number of pyridine rings is 2. The summed E-state index contributed by atoms with van der Waals surface area (Å²) in [4.78, 5) is 9.21. The molecule has 0 saturated heterocycles. The zero-order valence-electron chi connectivity index (χ0n) is 11.8. The normalized spacial score (nSPS) is 13.3. The Morgan fingerprint density at radius 1 is 1.00 bits per heavy atom. The highest BCUT2D eigenvalue weighted by Gasteiger charge is 2.12. The zero-order chi connectivity index (χ0) is 14.1. The van der Waals surface area contributed by atoms with Crippen molar-refractivity contribution in [1.82, 2.24) is 9.97 Å². The molecule has 104 valence electrons. The predicted molar refractivity (Wildman–Crippen MR) is 85.3 cm³/mol. The average molecular weight is 275 g/mol. The number of aromatic nitrogens is 2. The molecule has 0 saturated carbocycles. The first-order valence-electron chi connectivity index (χ1n) is 7.45. The number of benzene rings is 1. The molecule has 0 aliphatic heterocycles. The SMILES string of the molecule is c1cnc2c(CNc3ccc4c(n3)CCC4)cccc2c1. The maximum absolute atomic E-state index is 4.72. The van der Waals surface area contributed by atoms with Gasteiger partial charge in [-0.1, -0.05) is 30.3 Å². The molecule has 1 aliphatic carbocycles. The maximum Gasteiger partial charge on any atom is 0.126 e. The van der Waals surface area contributed by atoms with Crippen LogP contribution in [0.5, 0.6) is 0 Å². The predicted octanol–water partition coefficient (Wildman–Crippen LogP) is 3.73. The molecule has 0 bridgehead atoms. The molecule has 1 N–H and O–H groups in total. The van der Waals surface area contributed by atoms with Crippen molar-refractivity contribution >= 4 is 16.7 Å². The molecule has 4 rings (SSSR count). The van der Waals surface area contributed by atoms with E-state index in [4.69, 9.17) is 4.98 Å². The van der Waals surface area contributed by atoms with E-state index in [-0.39, 0.29) is 0 Å². The fraction of sp³-hybridized carbons (Fsp3) is 0.222. The topological polar surface area (TPSA) is 37.8 Å². The van der Waals surface area contributed by atoms with Gasteiger partial charge in [0.1, 0.15) is 5.82 Å². The van der Waals surface area contributed by atoms with Gasteiger partial charge in [-0.25, -0.2) is 4.98 Å². The summed E-state index contributed by atoms with van der Waals surface area (Å²) >= 11 is 0. The third-order valence-corrected chi connectivity index (χ3v) is 4.10. The molecule has 1 aliphatic rings. The molecule has 0 unspecified atom stereocenters. The highest BCUT2D eigenvalue weighted by molar-refractivity contribution is 5.81. The van der Waals surface area contributed by atoms with Crippen LogP contribution < -0.4 is 5.32 Å². The molecule has 2 aromatic heterocycles. The lowest BCUT2D eigenvalue weighted by Gasteiger charge is -2.09. The Balaban J connectivity index is 1.58. The molecule has 3 aromatic rings. The molecule has 3 heteroatoms. The highest BCUT2D eigenvalue weighted by Crippen LogP contribution is 2.22. The van der Waals surface area contributed by atoms with Gasteiger partial charge in [-0.2, -0.15) is 0 Å². The van der Waals surface area contributed by atoms with Crippen LogP contribution in [-0.4, -0.2) is 9.97 Å². The van der Waals surface area contributed by atoms with Crippen molar-refractivity contribution in [2.24, 2.45) is 0 Å². The minimum Gasteiger partial charge on any atom is -0.366 e. The summed E-state index contributed by atoms with van der Waals surface area (Å²) in [5.41, 5.74) is 4.94. The zero-order valence-corrected chi connectivity index (χ0v) is 11.8. The molecule has 0 amide bonds. The van der Waals surface area contributed by atoms with E-state index >= 15 is 0 Å². The van der Waals surface area contributed by atoms with Gasteiger partial charge in [0.25, 0.3) is 0 Å². The molecule has 0 fully saturated rings. The monoisotopic (exact) mass is 275 g/mol. The van der Waals surface area contributed by atoms with Crippen molar-refractivity contribution in [3.63, 3.8) is 0 Å². The van der Waals surface area contributed by atoms with Crippen LogP contribution in [0.3, 0.4) is 0 Å². The standard InChI is InChI=1S/C18H17N3/c1-5-14-7-3-11-19-18(14)15(6-1)12-20-17-10-9-13-4-2-8-16(13)21-17/h1,3,5-7,9-11H,2,4,8,12H2,(H,20,21). The van der Waals surface area contributed by atoms with E-state index in [1.165, 1.54) is 35.0 Å². The van der Waals surface area contributed by atoms with Gasteiger partial charge in [-0.15, -0.1) is 0 Å². The number of rotatable bonds is 3. The average Bonchev–Trinajstić information content (AvgIpc) is 3.00. The van der Waals surface area contributed by atoms with Crippen molar-refractivity contribution in [1.29, 1.82) is 0 Å². The van der Waals surface area contributed by atoms with Gasteiger partial charge in [0.2, 0.25) is 0 Å². The van der Waals surface area contributed by atoms with E-state index in [2.05, 4.69) is 46.7 Å². The van der Waals surface area contributed by atoms with E-state index in [1.54, 1.807) is 0 Å². The number of fused-ring (bicyclic) bond motifs is 2. The molecule has 21 heavy (non-hydrogen) atoms. The van der Waals surface area contributed by atoms with E-state index in [0.29, 0.717) is 0 Å². The number of aryl methyl sites for hydroxylation is 2. The third-order valence-electron chi connectivity index (χ3n) is 4.10. The molecule has 3 nitrogen and oxygen atoms in total. The lowest BCUT2D eigenvalue weighted by molar-refractivity contribution is 0.899. The quantitative estimate of drug-likeness (QED) is 0.791. The summed E-state index contributed by atoms with van der Waals surface area (Å²) in [6.45, 7) is 0.750. The minimum absolute atomic E-state index is 0.750. The largest absolute Gasteiger partial charge is 0.366 e. The minimum atomic E-state index is 0.750. The van der Waals surface area contributed by atoms with Crippen LogP contribution in [0.4, 0.5) is 5.82 Å². The molecule has 0 atom stereocenters. The summed E-state index contributed by atoms with van der Waals surface area (Å²) in [5.74, 6) is 0.962. The van der Waals surface area contributed by atoms with Gasteiger partial charge in [0.15, 0.2) is 0 Å². The fourth-order valence-electron chi connectivity index (χ4n) is 3.01. The Bertz CT molecular complexity index is 790. The van der Waals surface area contributed by atoms with Crippen LogP contribution in [0, 0.1) is 0 Å². The van der Waals surface area contributed by atoms with Crippen molar-refractivity contribution in [2.75, 3.05) is 5.32 Å². The summed E-state index contributed by atoms with van der Waals surface area (Å²) < 4.78 is 0. The van der Waals surface area contributed by atoms with Crippen LogP contribution >= 0.6 is 0 Å². The van der Waals surface area contributed by atoms with Crippen LogP contribution in [-0.2, 0) is 19.4 Å². The number of hydrogen-bond acceptors (Lipinski definition) is 3. The first kappa shape index (κ1) is 12.3. The van der Waals surface area contributed by atoms with Crippen LogP contribution in [0.15, 0.2) is 48.7 Å². The summed E-state index contributed by atoms with van der Waals surface area (Å²) in [7, 11) is 0. The first-order valence-corrected chi connectivity index (χ1v) is 7.45. The maximum atomic E-state index is 4.72. The van der Waals surface area contributed by atoms with Crippen LogP contribution in [0.25, 0.3) is 10.9 Å². The Hall–Kier alpha value is -2.42. The lowest BCUT2D eigenvalue weighted by Crippen LogP contribution is -2.03. The van der Waals surface area contributed by atoms with Gasteiger partial charge < -0.3 is 5.32 Å². The number of nitrogens with zero attached hydrogens (tertiary/aromatic N) is 2. The summed E-state index contributed by atoms with van der Waals surface area (Å²) in [6.07, 6.45) is 5.37. The fourth-order valence-corrected chi connectivity index (χ4v) is 3.01. The van der Waals surface area contributed by atoms with Crippen LogP contribution in [0.1, 0.15) is 23.2 Å². The number of anilines is 1. The molecular formula is C18H17N3. The van der Waals surface area contributed by atoms with Gasteiger partial charge in [-0.05, 0) is 42.5 Å². The van der Waals surface area contributed by atoms with Gasteiger partial charge in [0, 0.05) is 23.8 Å². The smallest absolute Gasteiger partial charge is 0.126 e. The molecule has 1 aromatic carbocycles. The Morgan fingerprint density at radius 2 is 1.95 bits per heavy atom. The molecular weight excluding hydrogens is 258 g/mol. The Labute approximate surface area is 124 Å². The Kier molecular flexibility index (Phi) is 3.03. The van der Waals surface area contributed by atoms with Crippen molar-refractivity contribution in [3.8, 4) is 0 Å². The highest BCUT2D eigenvalue weighted by atomic mass is 15.0. The van der Waals surface area contributed by atoms with Gasteiger partial charge >= 0.3 is 0 Å². The van der Waals surface area contributed by atoms with Gasteiger partial charge in [-0.3, -0.25) is 4.98 Å². The first-order chi connectivity index (χ1) is 10.4. The number of para-hydroxylation sites is 1. The molecule has 0 radical (unpaired) electrons. The van der Waals surface area contributed by atoms with E-state index in [0.717, 1.165) is 24.3 Å². The van der Waals surface area contributed by atoms with E-state index in [1.807, 2.05) is 12.3 Å². The van der Waals surface area contributed by atoms with E-state index in [9.17, 15) is 0 Å². The summed E-state index contributed by atoms with van der Waals surface area (Å²) in [5, 5.41) is 4.61.